The molecule has 0 aromatic carbocycles. The van der Waals surface area contributed by atoms with E-state index in [1.54, 1.807) is 0 Å². The van der Waals surface area contributed by atoms with Crippen molar-refractivity contribution in [3.8, 4) is 0 Å². The van der Waals surface area contributed by atoms with Crippen LogP contribution in [-0.2, 0) is 4.74 Å². The van der Waals surface area contributed by atoms with Crippen LogP contribution in [0.4, 0.5) is 0 Å². The molecule has 17 heavy (non-hydrogen) atoms. The van der Waals surface area contributed by atoms with Gasteiger partial charge in [0.1, 0.15) is 0 Å². The van der Waals surface area contributed by atoms with Crippen LogP contribution >= 0.6 is 0 Å². The molecule has 2 heteroatoms. The maximum Gasteiger partial charge on any atom is 0.0491 e. The quantitative estimate of drug-likeness (QED) is 0.613. The number of ether oxygens (including phenoxy) is 1. The fourth-order valence-electron chi connectivity index (χ4n) is 1.80. The molecule has 1 unspecified atom stereocenters. The van der Waals surface area contributed by atoms with E-state index in [0.29, 0.717) is 11.3 Å². The van der Waals surface area contributed by atoms with Crippen molar-refractivity contribution in [1.82, 2.24) is 4.90 Å². The highest BCUT2D eigenvalue weighted by Gasteiger charge is 2.23. The third-order valence-electron chi connectivity index (χ3n) is 3.85. The first-order valence-corrected chi connectivity index (χ1v) is 7.05. The minimum atomic E-state index is 0.401. The summed E-state index contributed by atoms with van der Waals surface area (Å²) in [4.78, 5) is 2.46. The van der Waals surface area contributed by atoms with Gasteiger partial charge in [0.15, 0.2) is 0 Å². The van der Waals surface area contributed by atoms with E-state index in [0.717, 1.165) is 19.1 Å². The second-order valence-electron chi connectivity index (χ2n) is 6.43. The summed E-state index contributed by atoms with van der Waals surface area (Å²) in [5.41, 5.74) is 0.401. The maximum atomic E-state index is 5.45. The molecule has 1 atom stereocenters. The standard InChI is InChI=1S/C15H33NO/c1-8-17-11-14(4)9-10-16(7)12-15(5,6)13(2)3/h13-14H,8-12H2,1-7H3. The highest BCUT2D eigenvalue weighted by molar-refractivity contribution is 4.75. The summed E-state index contributed by atoms with van der Waals surface area (Å²) >= 11 is 0. The van der Waals surface area contributed by atoms with Crippen molar-refractivity contribution in [2.75, 3.05) is 33.4 Å². The van der Waals surface area contributed by atoms with Gasteiger partial charge in [-0.25, -0.2) is 0 Å². The van der Waals surface area contributed by atoms with Gasteiger partial charge < -0.3 is 9.64 Å². The molecular weight excluding hydrogens is 210 g/mol. The Hall–Kier alpha value is -0.0800. The van der Waals surface area contributed by atoms with Crippen molar-refractivity contribution in [3.63, 3.8) is 0 Å². The second kappa shape index (κ2) is 8.10. The number of hydrogen-bond acceptors (Lipinski definition) is 2. The molecule has 0 amide bonds. The Kier molecular flexibility index (Phi) is 8.06. The van der Waals surface area contributed by atoms with Gasteiger partial charge in [-0.3, -0.25) is 0 Å². The lowest BCUT2D eigenvalue weighted by molar-refractivity contribution is 0.102. The predicted octanol–water partition coefficient (Wildman–Crippen LogP) is 3.66. The topological polar surface area (TPSA) is 12.5 Å². The van der Waals surface area contributed by atoms with Gasteiger partial charge in [-0.1, -0.05) is 34.6 Å². The minimum absolute atomic E-state index is 0.401. The fraction of sp³-hybridized carbons (Fsp3) is 1.00. The van der Waals surface area contributed by atoms with E-state index in [1.807, 2.05) is 0 Å². The normalized spacial score (nSPS) is 14.6. The molecule has 0 aromatic heterocycles. The Labute approximate surface area is 109 Å². The molecule has 0 aliphatic heterocycles. The molecule has 0 aromatic rings. The molecule has 0 aliphatic rings. The first kappa shape index (κ1) is 16.9. The Morgan fingerprint density at radius 2 is 1.76 bits per heavy atom. The SMILES string of the molecule is CCOCC(C)CCN(C)CC(C)(C)C(C)C. The van der Waals surface area contributed by atoms with Crippen molar-refractivity contribution >= 4 is 0 Å². The minimum Gasteiger partial charge on any atom is -0.381 e. The number of rotatable bonds is 9. The van der Waals surface area contributed by atoms with Gasteiger partial charge >= 0.3 is 0 Å². The lowest BCUT2D eigenvalue weighted by Gasteiger charge is -2.34. The smallest absolute Gasteiger partial charge is 0.0491 e. The van der Waals surface area contributed by atoms with Gasteiger partial charge in [0.05, 0.1) is 0 Å². The summed E-state index contributed by atoms with van der Waals surface area (Å²) in [6.45, 7) is 17.8. The molecule has 104 valence electrons. The van der Waals surface area contributed by atoms with Crippen LogP contribution in [0, 0.1) is 17.3 Å². The van der Waals surface area contributed by atoms with Crippen LogP contribution in [0.1, 0.15) is 48.0 Å². The Balaban J connectivity index is 3.83. The zero-order chi connectivity index (χ0) is 13.5. The summed E-state index contributed by atoms with van der Waals surface area (Å²) < 4.78 is 5.45. The van der Waals surface area contributed by atoms with Gasteiger partial charge in [0.25, 0.3) is 0 Å². The zero-order valence-electron chi connectivity index (χ0n) is 13.0. The first-order chi connectivity index (χ1) is 7.79. The fourth-order valence-corrected chi connectivity index (χ4v) is 1.80. The van der Waals surface area contributed by atoms with Crippen LogP contribution in [-0.4, -0.2) is 38.3 Å². The number of hydrogen-bond donors (Lipinski definition) is 0. The lowest BCUT2D eigenvalue weighted by Crippen LogP contribution is -2.36. The lowest BCUT2D eigenvalue weighted by atomic mass is 9.81. The van der Waals surface area contributed by atoms with E-state index < -0.39 is 0 Å². The molecule has 0 saturated heterocycles. The van der Waals surface area contributed by atoms with E-state index in [1.165, 1.54) is 19.5 Å². The van der Waals surface area contributed by atoms with Gasteiger partial charge in [-0.2, -0.15) is 0 Å². The summed E-state index contributed by atoms with van der Waals surface area (Å²) in [5.74, 6) is 1.39. The predicted molar refractivity (Wildman–Crippen MR) is 76.4 cm³/mol. The molecule has 0 radical (unpaired) electrons. The van der Waals surface area contributed by atoms with Crippen molar-refractivity contribution in [2.24, 2.45) is 17.3 Å². The summed E-state index contributed by atoms with van der Waals surface area (Å²) in [6.07, 6.45) is 1.23. The molecule has 0 bridgehead atoms. The van der Waals surface area contributed by atoms with Gasteiger partial charge in [-0.15, -0.1) is 0 Å². The molecule has 0 N–H and O–H groups in total. The Morgan fingerprint density at radius 3 is 2.24 bits per heavy atom. The van der Waals surface area contributed by atoms with Crippen LogP contribution in [0.25, 0.3) is 0 Å². The van der Waals surface area contributed by atoms with Gasteiger partial charge in [-0.05, 0) is 44.2 Å². The monoisotopic (exact) mass is 243 g/mol. The van der Waals surface area contributed by atoms with Crippen molar-refractivity contribution in [3.05, 3.63) is 0 Å². The zero-order valence-corrected chi connectivity index (χ0v) is 13.0. The Morgan fingerprint density at radius 1 is 1.18 bits per heavy atom. The van der Waals surface area contributed by atoms with E-state index in [2.05, 4.69) is 53.5 Å². The molecule has 0 aliphatic carbocycles. The molecule has 0 rings (SSSR count). The van der Waals surface area contributed by atoms with Crippen LogP contribution in [0.5, 0.6) is 0 Å². The number of nitrogens with zero attached hydrogens (tertiary/aromatic N) is 1. The van der Waals surface area contributed by atoms with Crippen LogP contribution in [0.15, 0.2) is 0 Å². The van der Waals surface area contributed by atoms with Gasteiger partial charge in [0, 0.05) is 19.8 Å². The Bertz CT molecular complexity index is 189. The van der Waals surface area contributed by atoms with Crippen molar-refractivity contribution in [1.29, 1.82) is 0 Å². The van der Waals surface area contributed by atoms with Gasteiger partial charge in [0.2, 0.25) is 0 Å². The van der Waals surface area contributed by atoms with E-state index >= 15 is 0 Å². The molecule has 0 saturated carbocycles. The van der Waals surface area contributed by atoms with E-state index in [-0.39, 0.29) is 0 Å². The molecule has 0 fully saturated rings. The highest BCUT2D eigenvalue weighted by Crippen LogP contribution is 2.26. The van der Waals surface area contributed by atoms with Crippen molar-refractivity contribution in [2.45, 2.75) is 48.0 Å². The first-order valence-electron chi connectivity index (χ1n) is 7.05. The highest BCUT2D eigenvalue weighted by atomic mass is 16.5. The second-order valence-corrected chi connectivity index (χ2v) is 6.43. The third-order valence-corrected chi connectivity index (χ3v) is 3.85. The molecule has 0 heterocycles. The van der Waals surface area contributed by atoms with E-state index in [9.17, 15) is 0 Å². The molecule has 2 nitrogen and oxygen atoms in total. The third kappa shape index (κ3) is 7.77. The largest absolute Gasteiger partial charge is 0.381 e. The average Bonchev–Trinajstić information content (AvgIpc) is 2.22. The maximum absolute atomic E-state index is 5.45. The summed E-state index contributed by atoms with van der Waals surface area (Å²) in [7, 11) is 2.23. The average molecular weight is 243 g/mol. The van der Waals surface area contributed by atoms with Crippen LogP contribution in [0.3, 0.4) is 0 Å². The molecule has 0 spiro atoms. The van der Waals surface area contributed by atoms with Crippen LogP contribution in [0.2, 0.25) is 0 Å². The summed E-state index contributed by atoms with van der Waals surface area (Å²) in [6, 6.07) is 0. The van der Waals surface area contributed by atoms with E-state index in [4.69, 9.17) is 4.74 Å². The summed E-state index contributed by atoms with van der Waals surface area (Å²) in [5, 5.41) is 0. The van der Waals surface area contributed by atoms with Crippen LogP contribution < -0.4 is 0 Å². The van der Waals surface area contributed by atoms with Crippen molar-refractivity contribution < 1.29 is 4.74 Å². The molecular formula is C15H33NO.